The second-order valence-electron chi connectivity index (χ2n) is 5.75. The summed E-state index contributed by atoms with van der Waals surface area (Å²) in [6.07, 6.45) is 2.55. The van der Waals surface area contributed by atoms with Gasteiger partial charge >= 0.3 is 0 Å². The first-order valence-electron chi connectivity index (χ1n) is 7.81. The molecule has 4 rings (SSSR count). The number of aromatic nitrogens is 4. The Morgan fingerprint density at radius 3 is 2.17 bits per heavy atom. The van der Waals surface area contributed by atoms with Gasteiger partial charge in [-0.2, -0.15) is 4.68 Å². The minimum atomic E-state index is 0.707. The first-order valence-corrected chi connectivity index (χ1v) is 7.81. The summed E-state index contributed by atoms with van der Waals surface area (Å²) in [5.74, 6) is 0.707. The standard InChI is InChI=1S/C17H18N6/c18-14-5-3-13(4-6-14)17-19-20-21-23(17)16-9-7-15(8-10-16)22-11-1-2-12-22/h3-10H,1-2,11-12,18H2. The molecule has 2 N–H and O–H groups in total. The smallest absolute Gasteiger partial charge is 0.187 e. The number of nitrogens with two attached hydrogens (primary N) is 1. The van der Waals surface area contributed by atoms with Crippen molar-refractivity contribution in [1.29, 1.82) is 0 Å². The Labute approximate surface area is 134 Å². The summed E-state index contributed by atoms with van der Waals surface area (Å²) in [7, 11) is 0. The molecule has 1 aromatic heterocycles. The third-order valence-electron chi connectivity index (χ3n) is 4.20. The topological polar surface area (TPSA) is 72.9 Å². The molecule has 23 heavy (non-hydrogen) atoms. The number of hydrogen-bond acceptors (Lipinski definition) is 5. The lowest BCUT2D eigenvalue weighted by Gasteiger charge is -2.17. The van der Waals surface area contributed by atoms with Gasteiger partial charge in [0.05, 0.1) is 5.69 Å². The molecule has 0 saturated carbocycles. The summed E-state index contributed by atoms with van der Waals surface area (Å²) in [5, 5.41) is 12.1. The molecule has 0 amide bonds. The number of rotatable bonds is 3. The molecule has 116 valence electrons. The van der Waals surface area contributed by atoms with Crippen LogP contribution in [-0.2, 0) is 0 Å². The number of nitrogen functional groups attached to an aromatic ring is 1. The maximum absolute atomic E-state index is 5.74. The zero-order valence-corrected chi connectivity index (χ0v) is 12.8. The van der Waals surface area contributed by atoms with Crippen molar-refractivity contribution in [3.63, 3.8) is 0 Å². The Balaban J connectivity index is 1.66. The Morgan fingerprint density at radius 1 is 0.826 bits per heavy atom. The number of nitrogens with zero attached hydrogens (tertiary/aromatic N) is 5. The lowest BCUT2D eigenvalue weighted by Crippen LogP contribution is -2.17. The Hall–Kier alpha value is -2.89. The molecule has 0 atom stereocenters. The van der Waals surface area contributed by atoms with E-state index in [2.05, 4.69) is 44.7 Å². The number of tetrazole rings is 1. The lowest BCUT2D eigenvalue weighted by molar-refractivity contribution is 0.791. The van der Waals surface area contributed by atoms with E-state index in [9.17, 15) is 0 Å². The first-order chi connectivity index (χ1) is 11.3. The van der Waals surface area contributed by atoms with Gasteiger partial charge in [0.2, 0.25) is 0 Å². The van der Waals surface area contributed by atoms with Gasteiger partial charge in [-0.1, -0.05) is 0 Å². The van der Waals surface area contributed by atoms with Gasteiger partial charge in [-0.3, -0.25) is 0 Å². The van der Waals surface area contributed by atoms with Gasteiger partial charge in [-0.05, 0) is 71.8 Å². The van der Waals surface area contributed by atoms with Crippen LogP contribution in [0.15, 0.2) is 48.5 Å². The van der Waals surface area contributed by atoms with E-state index in [0.29, 0.717) is 5.82 Å². The molecule has 1 aliphatic rings. The fourth-order valence-electron chi connectivity index (χ4n) is 2.95. The largest absolute Gasteiger partial charge is 0.399 e. The predicted molar refractivity (Wildman–Crippen MR) is 90.4 cm³/mol. The average Bonchev–Trinajstić information content (AvgIpc) is 3.28. The maximum atomic E-state index is 5.74. The average molecular weight is 306 g/mol. The summed E-state index contributed by atoms with van der Waals surface area (Å²) in [5.41, 5.74) is 9.61. The number of hydrogen-bond donors (Lipinski definition) is 1. The molecule has 2 heterocycles. The van der Waals surface area contributed by atoms with Crippen LogP contribution in [0.3, 0.4) is 0 Å². The third-order valence-corrected chi connectivity index (χ3v) is 4.20. The maximum Gasteiger partial charge on any atom is 0.187 e. The van der Waals surface area contributed by atoms with E-state index in [0.717, 1.165) is 30.0 Å². The number of benzene rings is 2. The molecule has 0 aliphatic carbocycles. The minimum absolute atomic E-state index is 0.707. The van der Waals surface area contributed by atoms with Gasteiger partial charge in [0, 0.05) is 30.0 Å². The SMILES string of the molecule is Nc1ccc(-c2nnnn2-c2ccc(N3CCCC3)cc2)cc1. The molecule has 6 nitrogen and oxygen atoms in total. The summed E-state index contributed by atoms with van der Waals surface area (Å²) in [6.45, 7) is 2.28. The fraction of sp³-hybridized carbons (Fsp3) is 0.235. The molecule has 6 heteroatoms. The lowest BCUT2D eigenvalue weighted by atomic mass is 10.2. The molecule has 1 aliphatic heterocycles. The van der Waals surface area contributed by atoms with Crippen LogP contribution in [-0.4, -0.2) is 33.3 Å². The molecule has 0 spiro atoms. The van der Waals surface area contributed by atoms with Crippen molar-refractivity contribution in [3.05, 3.63) is 48.5 Å². The quantitative estimate of drug-likeness (QED) is 0.753. The van der Waals surface area contributed by atoms with Crippen molar-refractivity contribution in [2.75, 3.05) is 23.7 Å². The van der Waals surface area contributed by atoms with Crippen LogP contribution in [0.4, 0.5) is 11.4 Å². The summed E-state index contributed by atoms with van der Waals surface area (Å²) < 4.78 is 1.75. The van der Waals surface area contributed by atoms with E-state index in [1.165, 1.54) is 18.5 Å². The van der Waals surface area contributed by atoms with Crippen LogP contribution >= 0.6 is 0 Å². The molecule has 1 saturated heterocycles. The zero-order valence-electron chi connectivity index (χ0n) is 12.8. The van der Waals surface area contributed by atoms with E-state index in [1.807, 2.05) is 24.3 Å². The predicted octanol–water partition coefficient (Wildman–Crippen LogP) is 2.51. The van der Waals surface area contributed by atoms with E-state index in [4.69, 9.17) is 5.73 Å². The number of anilines is 2. The van der Waals surface area contributed by atoms with E-state index in [-0.39, 0.29) is 0 Å². The monoisotopic (exact) mass is 306 g/mol. The zero-order chi connectivity index (χ0) is 15.6. The summed E-state index contributed by atoms with van der Waals surface area (Å²) in [6, 6.07) is 15.9. The van der Waals surface area contributed by atoms with Crippen molar-refractivity contribution in [2.45, 2.75) is 12.8 Å². The Kier molecular flexibility index (Phi) is 3.42. The molecular weight excluding hydrogens is 288 g/mol. The van der Waals surface area contributed by atoms with Crippen molar-refractivity contribution < 1.29 is 0 Å². The van der Waals surface area contributed by atoms with Gasteiger partial charge in [-0.25, -0.2) is 0 Å². The normalized spacial score (nSPS) is 14.3. The van der Waals surface area contributed by atoms with E-state index < -0.39 is 0 Å². The highest BCUT2D eigenvalue weighted by atomic mass is 15.5. The molecule has 0 radical (unpaired) electrons. The summed E-state index contributed by atoms with van der Waals surface area (Å²) in [4.78, 5) is 2.41. The molecule has 1 fully saturated rings. The minimum Gasteiger partial charge on any atom is -0.399 e. The molecular formula is C17H18N6. The van der Waals surface area contributed by atoms with Crippen molar-refractivity contribution in [3.8, 4) is 17.1 Å². The second kappa shape index (κ2) is 5.72. The summed E-state index contributed by atoms with van der Waals surface area (Å²) >= 11 is 0. The van der Waals surface area contributed by atoms with Crippen LogP contribution in [0, 0.1) is 0 Å². The van der Waals surface area contributed by atoms with Gasteiger partial charge < -0.3 is 10.6 Å². The fourth-order valence-corrected chi connectivity index (χ4v) is 2.95. The Bertz CT molecular complexity index is 785. The van der Waals surface area contributed by atoms with E-state index >= 15 is 0 Å². The van der Waals surface area contributed by atoms with E-state index in [1.54, 1.807) is 4.68 Å². The van der Waals surface area contributed by atoms with Crippen LogP contribution in [0.5, 0.6) is 0 Å². The van der Waals surface area contributed by atoms with Gasteiger partial charge in [0.15, 0.2) is 5.82 Å². The van der Waals surface area contributed by atoms with Crippen LogP contribution in [0.25, 0.3) is 17.1 Å². The Morgan fingerprint density at radius 2 is 1.48 bits per heavy atom. The van der Waals surface area contributed by atoms with Crippen molar-refractivity contribution >= 4 is 11.4 Å². The third kappa shape index (κ3) is 2.63. The van der Waals surface area contributed by atoms with Crippen LogP contribution < -0.4 is 10.6 Å². The van der Waals surface area contributed by atoms with Gasteiger partial charge in [-0.15, -0.1) is 5.10 Å². The van der Waals surface area contributed by atoms with Crippen LogP contribution in [0.2, 0.25) is 0 Å². The molecule has 0 unspecified atom stereocenters. The van der Waals surface area contributed by atoms with Crippen LogP contribution in [0.1, 0.15) is 12.8 Å². The highest BCUT2D eigenvalue weighted by Crippen LogP contribution is 2.24. The highest BCUT2D eigenvalue weighted by molar-refractivity contribution is 5.61. The van der Waals surface area contributed by atoms with Crippen molar-refractivity contribution in [2.24, 2.45) is 0 Å². The molecule has 2 aromatic carbocycles. The highest BCUT2D eigenvalue weighted by Gasteiger charge is 2.14. The molecule has 3 aromatic rings. The van der Waals surface area contributed by atoms with Crippen molar-refractivity contribution in [1.82, 2.24) is 20.2 Å². The first kappa shape index (κ1) is 13.8. The van der Waals surface area contributed by atoms with Gasteiger partial charge in [0.25, 0.3) is 0 Å². The van der Waals surface area contributed by atoms with Gasteiger partial charge in [0.1, 0.15) is 0 Å². The molecule has 0 bridgehead atoms. The second-order valence-corrected chi connectivity index (χ2v) is 5.75.